The number of alkyl halides is 3. The molecule has 5 nitrogen and oxygen atoms in total. The SMILES string of the molecule is Cc1nc(N[C@H](C)c2cccc(C(F)(F)F)c2F)c2cc3c(cc2n1)N(C)C(=O)C3(C)C. The number of anilines is 2. The Kier molecular flexibility index (Phi) is 4.91. The van der Waals surface area contributed by atoms with Crippen molar-refractivity contribution in [3.05, 3.63) is 58.7 Å². The highest BCUT2D eigenvalue weighted by molar-refractivity contribution is 6.10. The van der Waals surface area contributed by atoms with Gasteiger partial charge in [0.05, 0.1) is 22.5 Å². The highest BCUT2D eigenvalue weighted by Gasteiger charge is 2.42. The third kappa shape index (κ3) is 3.36. The van der Waals surface area contributed by atoms with Crippen LogP contribution in [-0.2, 0) is 16.4 Å². The van der Waals surface area contributed by atoms with Gasteiger partial charge in [-0.1, -0.05) is 12.1 Å². The lowest BCUT2D eigenvalue weighted by molar-refractivity contribution is -0.140. The van der Waals surface area contributed by atoms with Crippen LogP contribution in [0.4, 0.5) is 29.1 Å². The lowest BCUT2D eigenvalue weighted by Gasteiger charge is -2.20. The van der Waals surface area contributed by atoms with E-state index in [1.54, 1.807) is 31.9 Å². The number of amides is 1. The maximum atomic E-state index is 14.6. The van der Waals surface area contributed by atoms with Gasteiger partial charge in [-0.05, 0) is 51.5 Å². The molecule has 1 amide bonds. The summed E-state index contributed by atoms with van der Waals surface area (Å²) in [5.74, 6) is -0.578. The van der Waals surface area contributed by atoms with E-state index in [1.807, 2.05) is 19.9 Å². The van der Waals surface area contributed by atoms with Crippen molar-refractivity contribution < 1.29 is 22.4 Å². The number of benzene rings is 2. The first-order valence-electron chi connectivity index (χ1n) is 10.1. The van der Waals surface area contributed by atoms with E-state index in [-0.39, 0.29) is 11.5 Å². The summed E-state index contributed by atoms with van der Waals surface area (Å²) >= 11 is 0. The van der Waals surface area contributed by atoms with Gasteiger partial charge in [-0.25, -0.2) is 14.4 Å². The molecular weight excluding hydrogens is 424 g/mol. The summed E-state index contributed by atoms with van der Waals surface area (Å²) in [6, 6.07) is 6.03. The van der Waals surface area contributed by atoms with E-state index in [1.165, 1.54) is 12.1 Å². The van der Waals surface area contributed by atoms with Gasteiger partial charge < -0.3 is 10.2 Å². The second kappa shape index (κ2) is 7.15. The largest absolute Gasteiger partial charge is 0.419 e. The molecule has 0 radical (unpaired) electrons. The number of aromatic nitrogens is 2. The molecule has 0 aliphatic carbocycles. The Labute approximate surface area is 182 Å². The summed E-state index contributed by atoms with van der Waals surface area (Å²) in [5.41, 5.74) is -0.0690. The van der Waals surface area contributed by atoms with E-state index in [0.717, 1.165) is 11.3 Å². The Morgan fingerprint density at radius 1 is 1.16 bits per heavy atom. The van der Waals surface area contributed by atoms with Crippen molar-refractivity contribution >= 4 is 28.3 Å². The zero-order chi connectivity index (χ0) is 23.6. The van der Waals surface area contributed by atoms with Crippen LogP contribution < -0.4 is 10.2 Å². The maximum absolute atomic E-state index is 14.6. The number of nitrogens with zero attached hydrogens (tertiary/aromatic N) is 3. The molecule has 0 fully saturated rings. The third-order valence-electron chi connectivity index (χ3n) is 5.95. The van der Waals surface area contributed by atoms with Gasteiger partial charge in [0, 0.05) is 23.7 Å². The van der Waals surface area contributed by atoms with Crippen LogP contribution in [0.3, 0.4) is 0 Å². The molecule has 2 aromatic carbocycles. The molecule has 2 heterocycles. The maximum Gasteiger partial charge on any atom is 0.419 e. The van der Waals surface area contributed by atoms with Gasteiger partial charge in [0.25, 0.3) is 0 Å². The number of nitrogens with one attached hydrogen (secondary N) is 1. The van der Waals surface area contributed by atoms with Crippen molar-refractivity contribution in [3.63, 3.8) is 0 Å². The number of hydrogen-bond acceptors (Lipinski definition) is 4. The quantitative estimate of drug-likeness (QED) is 0.538. The van der Waals surface area contributed by atoms with E-state index >= 15 is 0 Å². The summed E-state index contributed by atoms with van der Waals surface area (Å²) in [5, 5.41) is 3.65. The molecular formula is C23H22F4N4O. The molecule has 1 aliphatic rings. The number of halogens is 4. The van der Waals surface area contributed by atoms with Crippen LogP contribution >= 0.6 is 0 Å². The van der Waals surface area contributed by atoms with Crippen molar-refractivity contribution in [1.82, 2.24) is 9.97 Å². The minimum atomic E-state index is -4.79. The van der Waals surface area contributed by atoms with Crippen molar-refractivity contribution in [3.8, 4) is 0 Å². The molecule has 0 unspecified atom stereocenters. The van der Waals surface area contributed by atoms with E-state index in [0.29, 0.717) is 28.6 Å². The van der Waals surface area contributed by atoms with Crippen molar-refractivity contribution in [1.29, 1.82) is 0 Å². The predicted octanol–water partition coefficient (Wildman–Crippen LogP) is 5.52. The summed E-state index contributed by atoms with van der Waals surface area (Å²) < 4.78 is 54.0. The predicted molar refractivity (Wildman–Crippen MR) is 114 cm³/mol. The lowest BCUT2D eigenvalue weighted by Crippen LogP contribution is -2.33. The molecule has 0 spiro atoms. The van der Waals surface area contributed by atoms with Gasteiger partial charge in [0.2, 0.25) is 5.91 Å². The van der Waals surface area contributed by atoms with E-state index < -0.39 is 29.0 Å². The molecule has 3 aromatic rings. The fourth-order valence-electron chi connectivity index (χ4n) is 4.20. The molecule has 1 atom stereocenters. The van der Waals surface area contributed by atoms with Gasteiger partial charge >= 0.3 is 6.18 Å². The first kappa shape index (κ1) is 22.0. The van der Waals surface area contributed by atoms with Crippen LogP contribution in [0.2, 0.25) is 0 Å². The lowest BCUT2D eigenvalue weighted by atomic mass is 9.85. The Hall–Kier alpha value is -3.23. The minimum Gasteiger partial charge on any atom is -0.363 e. The van der Waals surface area contributed by atoms with Crippen molar-refractivity contribution in [2.24, 2.45) is 0 Å². The minimum absolute atomic E-state index is 0.0543. The first-order valence-corrected chi connectivity index (χ1v) is 10.1. The number of likely N-dealkylation sites (N-methyl/N-ethyl adjacent to an activating group) is 1. The molecule has 32 heavy (non-hydrogen) atoms. The van der Waals surface area contributed by atoms with Crippen LogP contribution in [0.5, 0.6) is 0 Å². The highest BCUT2D eigenvalue weighted by atomic mass is 19.4. The molecule has 9 heteroatoms. The van der Waals surface area contributed by atoms with Gasteiger partial charge in [-0.15, -0.1) is 0 Å². The second-order valence-corrected chi connectivity index (χ2v) is 8.57. The molecule has 4 rings (SSSR count). The van der Waals surface area contributed by atoms with Gasteiger partial charge in [0.15, 0.2) is 0 Å². The topological polar surface area (TPSA) is 58.1 Å². The number of carbonyl (C=O) groups excluding carboxylic acids is 1. The number of carbonyl (C=O) groups is 1. The second-order valence-electron chi connectivity index (χ2n) is 8.57. The van der Waals surface area contributed by atoms with E-state index in [2.05, 4.69) is 15.3 Å². The zero-order valence-electron chi connectivity index (χ0n) is 18.2. The standard InChI is InChI=1S/C23H22F4N4O/c1-11(13-7-6-8-15(19(13)24)23(25,26)27)28-20-14-9-16-18(10-17(14)29-12(2)30-20)31(5)21(32)22(16,3)4/h6-11H,1-5H3,(H,28,29,30)/t11-/m1/s1. The third-order valence-corrected chi connectivity index (χ3v) is 5.95. The van der Waals surface area contributed by atoms with Crippen molar-refractivity contribution in [2.75, 3.05) is 17.3 Å². The van der Waals surface area contributed by atoms with E-state index in [4.69, 9.17) is 0 Å². The Bertz CT molecular complexity index is 1250. The van der Waals surface area contributed by atoms with Crippen LogP contribution in [-0.4, -0.2) is 22.9 Å². The normalized spacial score (nSPS) is 16.4. The van der Waals surface area contributed by atoms with Gasteiger partial charge in [-0.3, -0.25) is 4.79 Å². The fourth-order valence-corrected chi connectivity index (χ4v) is 4.20. The molecule has 0 saturated heterocycles. The number of fused-ring (bicyclic) bond motifs is 2. The molecule has 168 valence electrons. The number of rotatable bonds is 3. The Morgan fingerprint density at radius 2 is 1.84 bits per heavy atom. The summed E-state index contributed by atoms with van der Waals surface area (Å²) in [4.78, 5) is 23.1. The summed E-state index contributed by atoms with van der Waals surface area (Å²) in [7, 11) is 1.70. The first-order chi connectivity index (χ1) is 14.8. The number of hydrogen-bond donors (Lipinski definition) is 1. The van der Waals surface area contributed by atoms with Crippen LogP contribution in [0.25, 0.3) is 10.9 Å². The smallest absolute Gasteiger partial charge is 0.363 e. The number of aryl methyl sites for hydroxylation is 1. The average molecular weight is 446 g/mol. The molecule has 0 bridgehead atoms. The fraction of sp³-hybridized carbons (Fsp3) is 0.348. The monoisotopic (exact) mass is 446 g/mol. The highest BCUT2D eigenvalue weighted by Crippen LogP contribution is 2.43. The zero-order valence-corrected chi connectivity index (χ0v) is 18.2. The summed E-state index contributed by atoms with van der Waals surface area (Å²) in [6.07, 6.45) is -4.79. The molecule has 0 saturated carbocycles. The Morgan fingerprint density at radius 3 is 2.50 bits per heavy atom. The molecule has 1 N–H and O–H groups in total. The van der Waals surface area contributed by atoms with Gasteiger partial charge in [0.1, 0.15) is 17.5 Å². The Balaban J connectivity index is 1.81. The molecule has 1 aromatic heterocycles. The average Bonchev–Trinajstić information content (AvgIpc) is 2.86. The van der Waals surface area contributed by atoms with E-state index in [9.17, 15) is 22.4 Å². The molecule has 1 aliphatic heterocycles. The summed E-state index contributed by atoms with van der Waals surface area (Å²) in [6.45, 7) is 6.90. The van der Waals surface area contributed by atoms with Crippen LogP contribution in [0.15, 0.2) is 30.3 Å². The van der Waals surface area contributed by atoms with Crippen LogP contribution in [0, 0.1) is 12.7 Å². The van der Waals surface area contributed by atoms with Crippen molar-refractivity contribution in [2.45, 2.75) is 45.3 Å². The van der Waals surface area contributed by atoms with Gasteiger partial charge in [-0.2, -0.15) is 13.2 Å². The van der Waals surface area contributed by atoms with Crippen LogP contribution in [0.1, 0.15) is 49.3 Å².